The van der Waals surface area contributed by atoms with Crippen LogP contribution in [0.15, 0.2) is 48.5 Å². The van der Waals surface area contributed by atoms with E-state index in [2.05, 4.69) is 10.1 Å². The van der Waals surface area contributed by atoms with Gasteiger partial charge < -0.3 is 10.1 Å². The van der Waals surface area contributed by atoms with Gasteiger partial charge in [-0.1, -0.05) is 0 Å². The summed E-state index contributed by atoms with van der Waals surface area (Å²) in [7, 11) is 0. The van der Waals surface area contributed by atoms with E-state index in [-0.39, 0.29) is 5.75 Å². The summed E-state index contributed by atoms with van der Waals surface area (Å²) in [4.78, 5) is 12.0. The van der Waals surface area contributed by atoms with Gasteiger partial charge in [0.25, 0.3) is 5.91 Å². The lowest BCUT2D eigenvalue weighted by molar-refractivity contribution is -0.153. The largest absolute Gasteiger partial charge is 0.484 e. The second kappa shape index (κ2) is 6.83. The van der Waals surface area contributed by atoms with Crippen molar-refractivity contribution in [2.75, 3.05) is 11.9 Å². The van der Waals surface area contributed by atoms with Crippen molar-refractivity contribution in [3.05, 3.63) is 59.7 Å². The number of nitrogens with one attached hydrogen (secondary N) is 1. The number of ether oxygens (including phenoxy) is 1. The summed E-state index contributed by atoms with van der Waals surface area (Å²) >= 11 is 0. The zero-order valence-corrected chi connectivity index (χ0v) is 11.7. The Kier molecular flexibility index (Phi) is 4.86. The molecule has 4 nitrogen and oxygen atoms in total. The Balaban J connectivity index is 1.97. The van der Waals surface area contributed by atoms with Crippen LogP contribution in [0.25, 0.3) is 0 Å². The number of hydrogen-bond donors (Lipinski definition) is 1. The highest BCUT2D eigenvalue weighted by atomic mass is 19.4. The first-order chi connectivity index (χ1) is 10.9. The number of benzene rings is 2. The molecule has 1 amide bonds. The van der Waals surface area contributed by atoms with Gasteiger partial charge in [-0.2, -0.15) is 18.4 Å². The maximum absolute atomic E-state index is 12.0. The molecule has 7 heteroatoms. The molecule has 0 saturated carbocycles. The highest BCUT2D eigenvalue weighted by molar-refractivity contribution is 6.04. The lowest BCUT2D eigenvalue weighted by Gasteiger charge is -2.10. The molecule has 118 valence electrons. The maximum Gasteiger partial charge on any atom is 0.422 e. The number of alkyl halides is 3. The molecule has 0 aliphatic rings. The predicted octanol–water partition coefficient (Wildman–Crippen LogP) is 3.75. The summed E-state index contributed by atoms with van der Waals surface area (Å²) in [6.07, 6.45) is -4.40. The van der Waals surface area contributed by atoms with E-state index in [1.807, 2.05) is 6.07 Å². The van der Waals surface area contributed by atoms with Crippen LogP contribution in [0.3, 0.4) is 0 Å². The second-order valence-corrected chi connectivity index (χ2v) is 4.57. The molecule has 2 aromatic carbocycles. The average molecular weight is 320 g/mol. The van der Waals surface area contributed by atoms with Crippen molar-refractivity contribution in [1.82, 2.24) is 0 Å². The van der Waals surface area contributed by atoms with E-state index in [1.165, 1.54) is 48.5 Å². The lowest BCUT2D eigenvalue weighted by atomic mass is 10.1. The van der Waals surface area contributed by atoms with Crippen LogP contribution in [0.5, 0.6) is 5.75 Å². The van der Waals surface area contributed by atoms with E-state index in [4.69, 9.17) is 5.26 Å². The fourth-order valence-electron chi connectivity index (χ4n) is 1.70. The van der Waals surface area contributed by atoms with Crippen LogP contribution in [0.1, 0.15) is 15.9 Å². The van der Waals surface area contributed by atoms with Crippen LogP contribution < -0.4 is 10.1 Å². The Bertz CT molecular complexity index is 717. The number of nitriles is 1. The van der Waals surface area contributed by atoms with Crippen molar-refractivity contribution in [1.29, 1.82) is 5.26 Å². The Hall–Kier alpha value is -3.01. The first-order valence-electron chi connectivity index (χ1n) is 6.48. The van der Waals surface area contributed by atoms with Gasteiger partial charge in [-0.25, -0.2) is 0 Å². The number of hydrogen-bond acceptors (Lipinski definition) is 3. The average Bonchev–Trinajstić information content (AvgIpc) is 2.53. The van der Waals surface area contributed by atoms with Gasteiger partial charge in [0.1, 0.15) is 5.75 Å². The summed E-state index contributed by atoms with van der Waals surface area (Å²) in [6.45, 7) is -1.37. The van der Waals surface area contributed by atoms with Gasteiger partial charge in [-0.15, -0.1) is 0 Å². The number of anilines is 1. The Morgan fingerprint density at radius 1 is 1.09 bits per heavy atom. The highest BCUT2D eigenvalue weighted by Gasteiger charge is 2.28. The topological polar surface area (TPSA) is 62.1 Å². The number of rotatable bonds is 4. The van der Waals surface area contributed by atoms with E-state index in [1.54, 1.807) is 0 Å². The van der Waals surface area contributed by atoms with Crippen LogP contribution in [0, 0.1) is 11.3 Å². The molecule has 0 aliphatic carbocycles. The molecule has 1 N–H and O–H groups in total. The summed E-state index contributed by atoms with van der Waals surface area (Å²) in [5.74, 6) is -0.336. The van der Waals surface area contributed by atoms with Crippen LogP contribution in [0.4, 0.5) is 18.9 Å². The smallest absolute Gasteiger partial charge is 0.422 e. The predicted molar refractivity (Wildman–Crippen MR) is 77.1 cm³/mol. The van der Waals surface area contributed by atoms with Crippen molar-refractivity contribution in [2.45, 2.75) is 6.18 Å². The molecule has 0 aromatic heterocycles. The van der Waals surface area contributed by atoms with Crippen molar-refractivity contribution in [2.24, 2.45) is 0 Å². The molecule has 0 fully saturated rings. The number of carbonyl (C=O) groups is 1. The standard InChI is InChI=1S/C16H11F3N2O2/c17-16(18,19)10-23-14-7-5-13(6-8-14)21-15(22)12-3-1-11(9-20)2-4-12/h1-8H,10H2,(H,21,22). The molecule has 0 spiro atoms. The normalized spacial score (nSPS) is 10.7. The number of nitrogens with zero attached hydrogens (tertiary/aromatic N) is 1. The number of amides is 1. The van der Waals surface area contributed by atoms with E-state index in [9.17, 15) is 18.0 Å². The molecule has 0 aliphatic heterocycles. The maximum atomic E-state index is 12.0. The Morgan fingerprint density at radius 3 is 2.22 bits per heavy atom. The number of carbonyl (C=O) groups excluding carboxylic acids is 1. The Labute approximate surface area is 130 Å². The molecule has 2 aromatic rings. The SMILES string of the molecule is N#Cc1ccc(C(=O)Nc2ccc(OCC(F)(F)F)cc2)cc1. The molecule has 0 radical (unpaired) electrons. The minimum absolute atomic E-state index is 0.0543. The third-order valence-electron chi connectivity index (χ3n) is 2.79. The van der Waals surface area contributed by atoms with Crippen LogP contribution >= 0.6 is 0 Å². The molecule has 0 bridgehead atoms. The second-order valence-electron chi connectivity index (χ2n) is 4.57. The fraction of sp³-hybridized carbons (Fsp3) is 0.125. The summed E-state index contributed by atoms with van der Waals surface area (Å²) < 4.78 is 40.7. The van der Waals surface area contributed by atoms with Gasteiger partial charge >= 0.3 is 6.18 Å². The highest BCUT2D eigenvalue weighted by Crippen LogP contribution is 2.20. The Morgan fingerprint density at radius 2 is 1.70 bits per heavy atom. The van der Waals surface area contributed by atoms with Gasteiger partial charge in [0.05, 0.1) is 11.6 Å². The van der Waals surface area contributed by atoms with E-state index in [0.29, 0.717) is 16.8 Å². The van der Waals surface area contributed by atoms with Crippen molar-refractivity contribution in [3.8, 4) is 11.8 Å². The van der Waals surface area contributed by atoms with Gasteiger partial charge in [-0.3, -0.25) is 4.79 Å². The van der Waals surface area contributed by atoms with Crippen LogP contribution in [-0.2, 0) is 0 Å². The molecular weight excluding hydrogens is 309 g/mol. The van der Waals surface area contributed by atoms with E-state index in [0.717, 1.165) is 0 Å². The molecule has 23 heavy (non-hydrogen) atoms. The first kappa shape index (κ1) is 16.4. The minimum atomic E-state index is -4.40. The third kappa shape index (κ3) is 5.04. The lowest BCUT2D eigenvalue weighted by Crippen LogP contribution is -2.19. The zero-order valence-electron chi connectivity index (χ0n) is 11.7. The van der Waals surface area contributed by atoms with Crippen molar-refractivity contribution < 1.29 is 22.7 Å². The molecule has 0 atom stereocenters. The summed E-state index contributed by atoms with van der Waals surface area (Å²) in [5.41, 5.74) is 1.22. The molecule has 2 rings (SSSR count). The van der Waals surface area contributed by atoms with Gasteiger partial charge in [-0.05, 0) is 48.5 Å². The first-order valence-corrected chi connectivity index (χ1v) is 6.48. The summed E-state index contributed by atoms with van der Waals surface area (Å²) in [5, 5.41) is 11.3. The summed E-state index contributed by atoms with van der Waals surface area (Å²) in [6, 6.07) is 13.5. The van der Waals surface area contributed by atoms with Crippen LogP contribution in [0.2, 0.25) is 0 Å². The molecule has 0 saturated heterocycles. The molecular formula is C16H11F3N2O2. The van der Waals surface area contributed by atoms with Gasteiger partial charge in [0, 0.05) is 11.3 Å². The zero-order chi connectivity index (χ0) is 16.9. The third-order valence-corrected chi connectivity index (χ3v) is 2.79. The fourth-order valence-corrected chi connectivity index (χ4v) is 1.70. The van der Waals surface area contributed by atoms with Gasteiger partial charge in [0.2, 0.25) is 0 Å². The minimum Gasteiger partial charge on any atom is -0.484 e. The van der Waals surface area contributed by atoms with E-state index >= 15 is 0 Å². The molecule has 0 unspecified atom stereocenters. The molecule has 0 heterocycles. The van der Waals surface area contributed by atoms with Crippen molar-refractivity contribution in [3.63, 3.8) is 0 Å². The van der Waals surface area contributed by atoms with Gasteiger partial charge in [0.15, 0.2) is 6.61 Å². The quantitative estimate of drug-likeness (QED) is 0.933. The van der Waals surface area contributed by atoms with E-state index < -0.39 is 18.7 Å². The number of halogens is 3. The monoisotopic (exact) mass is 320 g/mol. The van der Waals surface area contributed by atoms with Crippen molar-refractivity contribution >= 4 is 11.6 Å². The van der Waals surface area contributed by atoms with Crippen LogP contribution in [-0.4, -0.2) is 18.7 Å².